The Morgan fingerprint density at radius 2 is 2.00 bits per heavy atom. The summed E-state index contributed by atoms with van der Waals surface area (Å²) in [5.41, 5.74) is 0.916. The summed E-state index contributed by atoms with van der Waals surface area (Å²) < 4.78 is 5.08. The fourth-order valence-electron chi connectivity index (χ4n) is 1.49. The van der Waals surface area contributed by atoms with E-state index in [1.807, 2.05) is 27.7 Å². The van der Waals surface area contributed by atoms with E-state index in [4.69, 9.17) is 9.84 Å². The molecule has 1 unspecified atom stereocenters. The highest BCUT2D eigenvalue weighted by Crippen LogP contribution is 2.24. The van der Waals surface area contributed by atoms with Gasteiger partial charge in [-0.2, -0.15) is 0 Å². The molecule has 1 rings (SSSR count). The maximum absolute atomic E-state index is 12.0. The summed E-state index contributed by atoms with van der Waals surface area (Å²) in [6, 6.07) is 0. The minimum Gasteiger partial charge on any atom is -0.479 e. The Hall–Kier alpha value is -1.36. The largest absolute Gasteiger partial charge is 0.479 e. The minimum absolute atomic E-state index is 0.0614. The van der Waals surface area contributed by atoms with Crippen molar-refractivity contribution in [3.05, 3.63) is 11.6 Å². The predicted molar refractivity (Wildman–Crippen MR) is 67.2 cm³/mol. The van der Waals surface area contributed by atoms with Crippen molar-refractivity contribution < 1.29 is 19.4 Å². The molecule has 0 radical (unpaired) electrons. The molecule has 0 saturated carbocycles. The first-order chi connectivity index (χ1) is 8.21. The van der Waals surface area contributed by atoms with Crippen LogP contribution in [0.2, 0.25) is 0 Å². The van der Waals surface area contributed by atoms with Gasteiger partial charge in [0.15, 0.2) is 6.10 Å². The van der Waals surface area contributed by atoms with Crippen LogP contribution in [0.4, 0.5) is 0 Å². The van der Waals surface area contributed by atoms with E-state index in [1.54, 1.807) is 6.08 Å². The first-order valence-corrected chi connectivity index (χ1v) is 6.04. The summed E-state index contributed by atoms with van der Waals surface area (Å²) in [5, 5.41) is 8.87. The number of carboxylic acid groups (broad SMARTS) is 1. The maximum atomic E-state index is 12.0. The topological polar surface area (TPSA) is 66.8 Å². The van der Waals surface area contributed by atoms with Crippen molar-refractivity contribution in [1.82, 2.24) is 4.90 Å². The molecule has 0 aromatic heterocycles. The number of amides is 1. The molecule has 0 aliphatic carbocycles. The smallest absolute Gasteiger partial charge is 0.334 e. The van der Waals surface area contributed by atoms with Crippen molar-refractivity contribution in [1.29, 1.82) is 0 Å². The number of allylic oxidation sites excluding steroid dienone is 1. The number of rotatable bonds is 2. The van der Waals surface area contributed by atoms with Gasteiger partial charge in [0.2, 0.25) is 5.91 Å². The summed E-state index contributed by atoms with van der Waals surface area (Å²) in [4.78, 5) is 24.4. The normalized spacial score (nSPS) is 21.9. The Balaban J connectivity index is 2.70. The maximum Gasteiger partial charge on any atom is 0.334 e. The van der Waals surface area contributed by atoms with E-state index in [0.29, 0.717) is 6.54 Å². The van der Waals surface area contributed by atoms with Crippen LogP contribution in [0, 0.1) is 5.41 Å². The number of carbonyl (C=O) groups excluding carboxylic acids is 1. The molecule has 5 heteroatoms. The molecule has 18 heavy (non-hydrogen) atoms. The minimum atomic E-state index is -1.02. The van der Waals surface area contributed by atoms with Crippen LogP contribution in [0.1, 0.15) is 27.7 Å². The molecule has 1 heterocycles. The molecule has 0 aromatic carbocycles. The van der Waals surface area contributed by atoms with E-state index in [9.17, 15) is 9.59 Å². The van der Waals surface area contributed by atoms with Gasteiger partial charge < -0.3 is 14.7 Å². The third-order valence-electron chi connectivity index (χ3n) is 3.18. The molecule has 1 saturated heterocycles. The second kappa shape index (κ2) is 5.52. The molecule has 1 amide bonds. The van der Waals surface area contributed by atoms with Crippen LogP contribution in [0.25, 0.3) is 0 Å². The van der Waals surface area contributed by atoms with Crippen LogP contribution < -0.4 is 0 Å². The monoisotopic (exact) mass is 255 g/mol. The molecule has 1 atom stereocenters. The van der Waals surface area contributed by atoms with Crippen LogP contribution in [-0.4, -0.2) is 47.7 Å². The fraction of sp³-hybridized carbons (Fsp3) is 0.692. The fourth-order valence-corrected chi connectivity index (χ4v) is 1.49. The SMILES string of the molecule is CC(=CC(=O)N1CCOC(C(=O)O)C1)C(C)(C)C. The summed E-state index contributed by atoms with van der Waals surface area (Å²) in [7, 11) is 0. The van der Waals surface area contributed by atoms with Crippen LogP contribution in [-0.2, 0) is 14.3 Å². The standard InChI is InChI=1S/C13H21NO4/c1-9(13(2,3)4)7-11(15)14-5-6-18-10(8-14)12(16)17/h7,10H,5-6,8H2,1-4H3,(H,16,17). The number of ether oxygens (including phenoxy) is 1. The summed E-state index contributed by atoms with van der Waals surface area (Å²) in [5.74, 6) is -1.17. The second-order valence-corrected chi connectivity index (χ2v) is 5.56. The summed E-state index contributed by atoms with van der Waals surface area (Å²) in [6.07, 6.45) is 0.676. The quantitative estimate of drug-likeness (QED) is 0.755. The van der Waals surface area contributed by atoms with Gasteiger partial charge in [0, 0.05) is 12.6 Å². The molecule has 102 valence electrons. The number of carbonyl (C=O) groups is 2. The van der Waals surface area contributed by atoms with Crippen LogP contribution >= 0.6 is 0 Å². The van der Waals surface area contributed by atoms with Crippen molar-refractivity contribution in [3.63, 3.8) is 0 Å². The van der Waals surface area contributed by atoms with Crippen LogP contribution in [0.15, 0.2) is 11.6 Å². The van der Waals surface area contributed by atoms with Crippen molar-refractivity contribution in [2.24, 2.45) is 5.41 Å². The first kappa shape index (κ1) is 14.7. The molecule has 1 fully saturated rings. The first-order valence-electron chi connectivity index (χ1n) is 6.04. The van der Waals surface area contributed by atoms with Gasteiger partial charge in [0.25, 0.3) is 0 Å². The van der Waals surface area contributed by atoms with Gasteiger partial charge in [0.05, 0.1) is 13.2 Å². The van der Waals surface area contributed by atoms with E-state index in [-0.39, 0.29) is 24.5 Å². The molecule has 5 nitrogen and oxygen atoms in total. The molecular weight excluding hydrogens is 234 g/mol. The zero-order valence-electron chi connectivity index (χ0n) is 11.4. The molecule has 0 aromatic rings. The summed E-state index contributed by atoms with van der Waals surface area (Å²) >= 11 is 0. The average Bonchev–Trinajstić information content (AvgIpc) is 2.27. The van der Waals surface area contributed by atoms with E-state index < -0.39 is 12.1 Å². The number of nitrogens with zero attached hydrogens (tertiary/aromatic N) is 1. The van der Waals surface area contributed by atoms with Crippen LogP contribution in [0.3, 0.4) is 0 Å². The lowest BCUT2D eigenvalue weighted by atomic mass is 9.87. The van der Waals surface area contributed by atoms with E-state index in [2.05, 4.69) is 0 Å². The Morgan fingerprint density at radius 1 is 1.39 bits per heavy atom. The van der Waals surface area contributed by atoms with Gasteiger partial charge in [-0.05, 0) is 12.3 Å². The van der Waals surface area contributed by atoms with E-state index >= 15 is 0 Å². The van der Waals surface area contributed by atoms with Gasteiger partial charge >= 0.3 is 5.97 Å². The van der Waals surface area contributed by atoms with Crippen molar-refractivity contribution in [3.8, 4) is 0 Å². The Kier molecular flexibility index (Phi) is 4.51. The molecular formula is C13H21NO4. The number of hydrogen-bond donors (Lipinski definition) is 1. The van der Waals surface area contributed by atoms with Crippen molar-refractivity contribution in [2.45, 2.75) is 33.8 Å². The second-order valence-electron chi connectivity index (χ2n) is 5.56. The lowest BCUT2D eigenvalue weighted by Gasteiger charge is -2.30. The Bertz CT molecular complexity index is 368. The molecule has 1 aliphatic rings. The Labute approximate surface area is 107 Å². The lowest BCUT2D eigenvalue weighted by molar-refractivity contribution is -0.158. The Morgan fingerprint density at radius 3 is 2.50 bits per heavy atom. The summed E-state index contributed by atoms with van der Waals surface area (Å²) in [6.45, 7) is 8.83. The third kappa shape index (κ3) is 3.84. The van der Waals surface area contributed by atoms with Gasteiger partial charge in [-0.15, -0.1) is 0 Å². The highest BCUT2D eigenvalue weighted by atomic mass is 16.5. The molecule has 1 aliphatic heterocycles. The van der Waals surface area contributed by atoms with Gasteiger partial charge in [0.1, 0.15) is 0 Å². The zero-order chi connectivity index (χ0) is 13.9. The lowest BCUT2D eigenvalue weighted by Crippen LogP contribution is -2.48. The van der Waals surface area contributed by atoms with Crippen LogP contribution in [0.5, 0.6) is 0 Å². The molecule has 1 N–H and O–H groups in total. The van der Waals surface area contributed by atoms with E-state index in [0.717, 1.165) is 5.57 Å². The number of morpholine rings is 1. The molecule has 0 spiro atoms. The van der Waals surface area contributed by atoms with Gasteiger partial charge in [-0.25, -0.2) is 4.79 Å². The average molecular weight is 255 g/mol. The number of hydrogen-bond acceptors (Lipinski definition) is 3. The predicted octanol–water partition coefficient (Wildman–Crippen LogP) is 1.29. The number of aliphatic carboxylic acids is 1. The van der Waals surface area contributed by atoms with Crippen molar-refractivity contribution >= 4 is 11.9 Å². The van der Waals surface area contributed by atoms with Gasteiger partial charge in [-0.3, -0.25) is 4.79 Å². The zero-order valence-corrected chi connectivity index (χ0v) is 11.4. The number of carboxylic acids is 1. The van der Waals surface area contributed by atoms with Crippen molar-refractivity contribution in [2.75, 3.05) is 19.7 Å². The highest BCUT2D eigenvalue weighted by Gasteiger charge is 2.28. The highest BCUT2D eigenvalue weighted by molar-refractivity contribution is 5.89. The van der Waals surface area contributed by atoms with Gasteiger partial charge in [-0.1, -0.05) is 26.3 Å². The molecule has 0 bridgehead atoms. The van der Waals surface area contributed by atoms with E-state index in [1.165, 1.54) is 4.90 Å². The third-order valence-corrected chi connectivity index (χ3v) is 3.18.